The molecule has 1 aromatic carbocycles. The van der Waals surface area contributed by atoms with Gasteiger partial charge < -0.3 is 34.1 Å². The number of hydrogen-bond donors (Lipinski definition) is 2. The van der Waals surface area contributed by atoms with Crippen molar-refractivity contribution in [2.75, 3.05) is 53.5 Å². The lowest BCUT2D eigenvalue weighted by atomic mass is 9.84. The molecule has 2 aromatic heterocycles. The van der Waals surface area contributed by atoms with Gasteiger partial charge >= 0.3 is 18.2 Å². The molecule has 5 amide bonds. The summed E-state index contributed by atoms with van der Waals surface area (Å²) < 4.78 is 56.9. The van der Waals surface area contributed by atoms with Gasteiger partial charge in [-0.2, -0.15) is 13.2 Å². The van der Waals surface area contributed by atoms with E-state index in [1.54, 1.807) is 67.3 Å². The highest BCUT2D eigenvalue weighted by molar-refractivity contribution is 7.10. The van der Waals surface area contributed by atoms with Crippen LogP contribution in [0.5, 0.6) is 0 Å². The van der Waals surface area contributed by atoms with Crippen LogP contribution in [0.1, 0.15) is 70.6 Å². The number of esters is 1. The molecule has 4 atom stereocenters. The molecule has 0 unspecified atom stereocenters. The van der Waals surface area contributed by atoms with Crippen molar-refractivity contribution in [3.05, 3.63) is 70.9 Å². The zero-order chi connectivity index (χ0) is 50.5. The Labute approximate surface area is 405 Å². The average molecular weight is 980 g/mol. The number of rotatable bonds is 11. The number of fused-ring (bicyclic) bond motifs is 6. The fourth-order valence-corrected chi connectivity index (χ4v) is 10.1. The smallest absolute Gasteiger partial charge is 0.406 e. The number of piperazine rings is 1. The number of likely N-dealkylation sites (N-methyl/N-ethyl adjacent to an activating group) is 1. The second kappa shape index (κ2) is 21.8. The number of alkyl halides is 3. The minimum atomic E-state index is -4.63. The summed E-state index contributed by atoms with van der Waals surface area (Å²) in [4.78, 5) is 83.0. The normalized spacial score (nSPS) is 20.6. The van der Waals surface area contributed by atoms with Gasteiger partial charge in [0.25, 0.3) is 5.91 Å². The van der Waals surface area contributed by atoms with Crippen LogP contribution in [0.3, 0.4) is 0 Å². The lowest BCUT2D eigenvalue weighted by molar-refractivity contribution is -0.155. The summed E-state index contributed by atoms with van der Waals surface area (Å²) in [7, 11) is 3.02. The van der Waals surface area contributed by atoms with Gasteiger partial charge in [0.05, 0.1) is 34.8 Å². The van der Waals surface area contributed by atoms with Crippen LogP contribution in [0, 0.1) is 11.3 Å². The van der Waals surface area contributed by atoms with Crippen molar-refractivity contribution in [2.45, 2.75) is 104 Å². The van der Waals surface area contributed by atoms with Gasteiger partial charge in [0.15, 0.2) is 0 Å². The van der Waals surface area contributed by atoms with E-state index in [9.17, 15) is 37.1 Å². The summed E-state index contributed by atoms with van der Waals surface area (Å²) in [5.41, 5.74) is 5.13. The number of methoxy groups -OCH3 is 1. The summed E-state index contributed by atoms with van der Waals surface area (Å²) in [5, 5.41) is 7.04. The van der Waals surface area contributed by atoms with Crippen molar-refractivity contribution in [3.63, 3.8) is 0 Å². The lowest BCUT2D eigenvalue weighted by Gasteiger charge is -2.39. The second-order valence-corrected chi connectivity index (χ2v) is 19.7. The number of amides is 5. The van der Waals surface area contributed by atoms with Crippen LogP contribution >= 0.6 is 11.3 Å². The number of nitrogens with zero attached hydrogens (tertiary/aromatic N) is 7. The Kier molecular flexibility index (Phi) is 16.6. The monoisotopic (exact) mass is 979 g/mol. The minimum absolute atomic E-state index is 0.0655. The van der Waals surface area contributed by atoms with Crippen molar-refractivity contribution < 1.29 is 46.6 Å². The van der Waals surface area contributed by atoms with Gasteiger partial charge in [-0.25, -0.2) is 15.2 Å². The first-order chi connectivity index (χ1) is 32.6. The fourth-order valence-electron chi connectivity index (χ4n) is 9.26. The first-order valence-corrected chi connectivity index (χ1v) is 24.0. The maximum atomic E-state index is 14.7. The molecule has 5 heterocycles. The molecule has 0 aliphatic carbocycles. The van der Waals surface area contributed by atoms with E-state index in [4.69, 9.17) is 14.5 Å². The van der Waals surface area contributed by atoms with Gasteiger partial charge in [0.2, 0.25) is 11.8 Å². The standard InChI is InChI=1S/C49H64F3N9O7S/c1-11-32(41(53-13-3)30(6)67-10)43-34-25-48(7,8)28-68-46(65)35-15-14-18-61(56-35)45(64)36(24-39-54-37(26-69-39)31-16-17-38(33(34)23-31)60(43)27-49(50,51)52)55-44(63)42(29(4)5)57(9)47(66)59-21-19-58(20-22-59)40(62)12-2/h11-13,16-17,23,26,29-30,35-36,42,56H,1-2,14-15,18-22,24-25,27-28H2,3-10H3,(H,55,63)/b41-32+,53-13-/t30-,35-,36-,42-/m0/s1. The number of aromatic nitrogens is 2. The minimum Gasteiger partial charge on any atom is -0.464 e. The highest BCUT2D eigenvalue weighted by Crippen LogP contribution is 2.41. The largest absolute Gasteiger partial charge is 0.464 e. The molecule has 16 nitrogen and oxygen atoms in total. The van der Waals surface area contributed by atoms with E-state index in [0.717, 1.165) is 0 Å². The van der Waals surface area contributed by atoms with Gasteiger partial charge in [-0.05, 0) is 62.8 Å². The third kappa shape index (κ3) is 12.0. The number of allylic oxidation sites excluding steroid dienone is 2. The van der Waals surface area contributed by atoms with E-state index in [1.165, 1.54) is 52.1 Å². The van der Waals surface area contributed by atoms with Crippen LogP contribution in [-0.4, -0.2) is 149 Å². The molecule has 6 rings (SSSR count). The second-order valence-electron chi connectivity index (χ2n) is 18.8. The highest BCUT2D eigenvalue weighted by Gasteiger charge is 2.40. The molecule has 6 bridgehead atoms. The van der Waals surface area contributed by atoms with Gasteiger partial charge in [-0.3, -0.25) is 29.2 Å². The fraction of sp³-hybridized carbons (Fsp3) is 0.531. The van der Waals surface area contributed by atoms with Crippen molar-refractivity contribution in [2.24, 2.45) is 16.3 Å². The third-order valence-electron chi connectivity index (χ3n) is 12.7. The van der Waals surface area contributed by atoms with Crippen LogP contribution in [-0.2, 0) is 48.0 Å². The molecule has 0 radical (unpaired) electrons. The SMILES string of the molecule is C=CC(=O)N1CCN(C(=O)N(C)[C@H](C(=O)N[C@H]2Cc3nc(cs3)-c3ccc4c(c3)c(c(/C(C=C)=C(/N=C\C)[C@H](C)OC)n4CC(F)(F)F)CC(C)(C)COC(=O)[C@@H]3CCCN(N3)C2=O)C(C)C)CC1. The first kappa shape index (κ1) is 52.5. The van der Waals surface area contributed by atoms with Crippen molar-refractivity contribution in [3.8, 4) is 11.3 Å². The number of halogens is 3. The summed E-state index contributed by atoms with van der Waals surface area (Å²) in [6.07, 6.45) is -0.0955. The number of aliphatic imine (C=N–C) groups is 1. The van der Waals surface area contributed by atoms with E-state index < -0.39 is 72.1 Å². The van der Waals surface area contributed by atoms with Gasteiger partial charge in [-0.1, -0.05) is 53.0 Å². The van der Waals surface area contributed by atoms with E-state index in [-0.39, 0.29) is 50.7 Å². The molecule has 0 spiro atoms. The Morgan fingerprint density at radius 2 is 1.80 bits per heavy atom. The van der Waals surface area contributed by atoms with Crippen LogP contribution in [0.25, 0.3) is 27.7 Å². The summed E-state index contributed by atoms with van der Waals surface area (Å²) in [6, 6.07) is 1.59. The number of carbonyl (C=O) groups is 5. The Morgan fingerprint density at radius 1 is 1.10 bits per heavy atom. The Balaban J connectivity index is 1.44. The molecule has 374 valence electrons. The van der Waals surface area contributed by atoms with Gasteiger partial charge in [0.1, 0.15) is 24.7 Å². The highest BCUT2D eigenvalue weighted by atomic mass is 32.1. The number of urea groups is 1. The first-order valence-electron chi connectivity index (χ1n) is 23.1. The van der Waals surface area contributed by atoms with Gasteiger partial charge in [0, 0.05) is 92.4 Å². The maximum Gasteiger partial charge on any atom is 0.406 e. The number of benzene rings is 1. The van der Waals surface area contributed by atoms with Crippen LogP contribution < -0.4 is 10.7 Å². The van der Waals surface area contributed by atoms with Crippen LogP contribution in [0.2, 0.25) is 0 Å². The number of thiazole rings is 1. The van der Waals surface area contributed by atoms with E-state index in [1.807, 2.05) is 13.8 Å². The zero-order valence-corrected chi connectivity index (χ0v) is 41.5. The molecular formula is C49H64F3N9O7S. The molecule has 2 saturated heterocycles. The number of nitrogens with one attached hydrogen (secondary N) is 2. The molecule has 3 aliphatic heterocycles. The summed E-state index contributed by atoms with van der Waals surface area (Å²) in [5.74, 6) is -2.34. The summed E-state index contributed by atoms with van der Waals surface area (Å²) >= 11 is 1.25. The molecule has 3 aromatic rings. The molecular weight excluding hydrogens is 916 g/mol. The van der Waals surface area contributed by atoms with E-state index in [2.05, 4.69) is 28.9 Å². The van der Waals surface area contributed by atoms with E-state index in [0.29, 0.717) is 69.9 Å². The van der Waals surface area contributed by atoms with Crippen molar-refractivity contribution >= 4 is 63.7 Å². The van der Waals surface area contributed by atoms with Gasteiger partial charge in [-0.15, -0.1) is 11.3 Å². The van der Waals surface area contributed by atoms with Crippen molar-refractivity contribution in [1.29, 1.82) is 0 Å². The number of ether oxygens (including phenoxy) is 2. The Morgan fingerprint density at radius 3 is 2.42 bits per heavy atom. The number of cyclic esters (lactones) is 1. The molecule has 0 saturated carbocycles. The zero-order valence-electron chi connectivity index (χ0n) is 40.7. The molecule has 3 aliphatic rings. The topological polar surface area (TPSA) is 171 Å². The van der Waals surface area contributed by atoms with Crippen LogP contribution in [0.15, 0.2) is 59.6 Å². The molecule has 2 N–H and O–H groups in total. The third-order valence-corrected chi connectivity index (χ3v) is 13.6. The molecule has 20 heteroatoms. The average Bonchev–Trinajstić information content (AvgIpc) is 3.90. The molecule has 2 fully saturated rings. The van der Waals surface area contributed by atoms with E-state index >= 15 is 0 Å². The lowest BCUT2D eigenvalue weighted by Crippen LogP contribution is -2.63. The Hall–Kier alpha value is -5.86. The predicted octanol–water partition coefficient (Wildman–Crippen LogP) is 6.40. The predicted molar refractivity (Wildman–Crippen MR) is 259 cm³/mol. The number of hydrazine groups is 1. The molecule has 69 heavy (non-hydrogen) atoms. The quantitative estimate of drug-likeness (QED) is 0.0955. The maximum absolute atomic E-state index is 14.7. The Bertz CT molecular complexity index is 2510. The number of hydrogen-bond acceptors (Lipinski definition) is 11. The van der Waals surface area contributed by atoms with Crippen LogP contribution in [0.4, 0.5) is 18.0 Å². The number of carbonyl (C=O) groups excluding carboxylic acids is 5. The summed E-state index contributed by atoms with van der Waals surface area (Å²) in [6.45, 7) is 18.3. The van der Waals surface area contributed by atoms with Crippen molar-refractivity contribution in [1.82, 2.24) is 40.0 Å².